The summed E-state index contributed by atoms with van der Waals surface area (Å²) in [4.78, 5) is 11.9. The number of thioether (sulfide) groups is 1. The van der Waals surface area contributed by atoms with Crippen LogP contribution in [0.15, 0.2) is 29.2 Å². The molecule has 82 valence electrons. The molecule has 0 radical (unpaired) electrons. The molecule has 0 saturated carbocycles. The van der Waals surface area contributed by atoms with E-state index in [4.69, 9.17) is 9.84 Å². The molecule has 0 atom stereocenters. The molecule has 1 aromatic rings. The maximum absolute atomic E-state index is 10.8. The van der Waals surface area contributed by atoms with Crippen LogP contribution in [0.5, 0.6) is 5.75 Å². The predicted molar refractivity (Wildman–Crippen MR) is 60.6 cm³/mol. The number of carboxylic acid groups (broad SMARTS) is 1. The molecule has 4 heteroatoms. The van der Waals surface area contributed by atoms with E-state index in [0.717, 1.165) is 4.90 Å². The molecule has 0 fully saturated rings. The summed E-state index contributed by atoms with van der Waals surface area (Å²) < 4.78 is 5.35. The topological polar surface area (TPSA) is 46.5 Å². The van der Waals surface area contributed by atoms with Crippen LogP contribution in [0, 0.1) is 0 Å². The fraction of sp³-hybridized carbons (Fsp3) is 0.364. The van der Waals surface area contributed by atoms with Gasteiger partial charge in [-0.15, -0.1) is 11.8 Å². The number of hydrogen-bond donors (Lipinski definition) is 1. The minimum Gasteiger partial charge on any atom is -0.478 e. The second-order valence-corrected chi connectivity index (χ2v) is 4.47. The fourth-order valence-corrected chi connectivity index (χ4v) is 1.39. The summed E-state index contributed by atoms with van der Waals surface area (Å²) in [5.74, 6) is -0.406. The van der Waals surface area contributed by atoms with E-state index in [-0.39, 0.29) is 0 Å². The van der Waals surface area contributed by atoms with Crippen molar-refractivity contribution < 1.29 is 14.6 Å². The Morgan fingerprint density at radius 2 is 1.87 bits per heavy atom. The van der Waals surface area contributed by atoms with E-state index < -0.39 is 11.6 Å². The van der Waals surface area contributed by atoms with Gasteiger partial charge in [0.2, 0.25) is 0 Å². The Bertz CT molecular complexity index is 343. The molecule has 3 nitrogen and oxygen atoms in total. The van der Waals surface area contributed by atoms with Crippen LogP contribution >= 0.6 is 11.8 Å². The van der Waals surface area contributed by atoms with Gasteiger partial charge < -0.3 is 9.84 Å². The Morgan fingerprint density at radius 3 is 2.27 bits per heavy atom. The number of carboxylic acids is 1. The van der Waals surface area contributed by atoms with E-state index in [0.29, 0.717) is 5.75 Å². The van der Waals surface area contributed by atoms with Gasteiger partial charge in [0.15, 0.2) is 5.60 Å². The average molecular weight is 226 g/mol. The van der Waals surface area contributed by atoms with E-state index in [1.807, 2.05) is 18.4 Å². The molecule has 0 aliphatic carbocycles. The summed E-state index contributed by atoms with van der Waals surface area (Å²) >= 11 is 1.63. The normalized spacial score (nSPS) is 11.1. The molecule has 15 heavy (non-hydrogen) atoms. The molecule has 0 aliphatic rings. The summed E-state index contributed by atoms with van der Waals surface area (Å²) in [6.45, 7) is 3.05. The van der Waals surface area contributed by atoms with Crippen LogP contribution in [-0.2, 0) is 4.79 Å². The first-order chi connectivity index (χ1) is 6.95. The maximum atomic E-state index is 10.8. The van der Waals surface area contributed by atoms with Crippen LogP contribution in [0.25, 0.3) is 0 Å². The van der Waals surface area contributed by atoms with Gasteiger partial charge in [0.05, 0.1) is 0 Å². The Hall–Kier alpha value is -1.16. The van der Waals surface area contributed by atoms with Gasteiger partial charge in [-0.1, -0.05) is 0 Å². The lowest BCUT2D eigenvalue weighted by atomic mass is 10.1. The zero-order valence-electron chi connectivity index (χ0n) is 8.98. The van der Waals surface area contributed by atoms with Gasteiger partial charge in [0.25, 0.3) is 0 Å². The van der Waals surface area contributed by atoms with Crippen molar-refractivity contribution >= 4 is 17.7 Å². The van der Waals surface area contributed by atoms with Crippen molar-refractivity contribution in [1.29, 1.82) is 0 Å². The zero-order chi connectivity index (χ0) is 11.5. The minimum absolute atomic E-state index is 0.570. The van der Waals surface area contributed by atoms with Crippen molar-refractivity contribution in [2.45, 2.75) is 24.3 Å². The lowest BCUT2D eigenvalue weighted by Crippen LogP contribution is -2.37. The van der Waals surface area contributed by atoms with E-state index in [2.05, 4.69) is 0 Å². The van der Waals surface area contributed by atoms with Crippen molar-refractivity contribution in [3.05, 3.63) is 24.3 Å². The molecule has 0 aliphatic heterocycles. The number of benzene rings is 1. The highest BCUT2D eigenvalue weighted by atomic mass is 32.2. The summed E-state index contributed by atoms with van der Waals surface area (Å²) in [5.41, 5.74) is -1.19. The lowest BCUT2D eigenvalue weighted by molar-refractivity contribution is -0.152. The maximum Gasteiger partial charge on any atom is 0.347 e. The smallest absolute Gasteiger partial charge is 0.347 e. The molecule has 0 heterocycles. The third-order valence-electron chi connectivity index (χ3n) is 1.95. The summed E-state index contributed by atoms with van der Waals surface area (Å²) in [7, 11) is 0. The van der Waals surface area contributed by atoms with Gasteiger partial charge in [-0.25, -0.2) is 4.79 Å². The Morgan fingerprint density at radius 1 is 1.33 bits per heavy atom. The molecule has 0 unspecified atom stereocenters. The molecule has 1 N–H and O–H groups in total. The van der Waals surface area contributed by atoms with Gasteiger partial charge in [-0.05, 0) is 44.4 Å². The van der Waals surface area contributed by atoms with Crippen LogP contribution < -0.4 is 4.74 Å². The van der Waals surface area contributed by atoms with Crippen LogP contribution in [0.1, 0.15) is 13.8 Å². The van der Waals surface area contributed by atoms with Crippen molar-refractivity contribution in [1.82, 2.24) is 0 Å². The summed E-state index contributed by atoms with van der Waals surface area (Å²) in [6, 6.07) is 7.35. The first kappa shape index (κ1) is 11.9. The number of carbonyl (C=O) groups is 1. The number of hydrogen-bond acceptors (Lipinski definition) is 3. The predicted octanol–water partition coefficient (Wildman–Crippen LogP) is 2.65. The first-order valence-electron chi connectivity index (χ1n) is 4.52. The number of ether oxygens (including phenoxy) is 1. The third kappa shape index (κ3) is 3.16. The molecular formula is C11H14O3S. The highest BCUT2D eigenvalue weighted by Crippen LogP contribution is 2.22. The number of aliphatic carboxylic acids is 1. The number of rotatable bonds is 4. The van der Waals surface area contributed by atoms with Gasteiger partial charge >= 0.3 is 5.97 Å². The Labute approximate surface area is 93.4 Å². The zero-order valence-corrected chi connectivity index (χ0v) is 9.80. The minimum atomic E-state index is -1.19. The molecule has 0 bridgehead atoms. The first-order valence-corrected chi connectivity index (χ1v) is 5.74. The van der Waals surface area contributed by atoms with Crippen molar-refractivity contribution in [3.8, 4) is 5.75 Å². The second-order valence-electron chi connectivity index (χ2n) is 3.59. The molecular weight excluding hydrogens is 212 g/mol. The van der Waals surface area contributed by atoms with Crippen LogP contribution in [0.3, 0.4) is 0 Å². The molecule has 0 spiro atoms. The van der Waals surface area contributed by atoms with E-state index in [1.165, 1.54) is 13.8 Å². The standard InChI is InChI=1S/C11H14O3S/c1-11(2,10(12)13)14-8-4-6-9(15-3)7-5-8/h4-7H,1-3H3,(H,12,13). The summed E-state index contributed by atoms with van der Waals surface area (Å²) in [6.07, 6.45) is 1.98. The monoisotopic (exact) mass is 226 g/mol. The summed E-state index contributed by atoms with van der Waals surface area (Å²) in [5, 5.41) is 8.87. The quantitative estimate of drug-likeness (QED) is 0.802. The molecule has 1 aromatic carbocycles. The highest BCUT2D eigenvalue weighted by Gasteiger charge is 2.29. The fourth-order valence-electron chi connectivity index (χ4n) is 0.982. The molecule has 0 aromatic heterocycles. The van der Waals surface area contributed by atoms with Crippen LogP contribution in [-0.4, -0.2) is 22.9 Å². The van der Waals surface area contributed by atoms with Gasteiger partial charge in [-0.3, -0.25) is 0 Å². The van der Waals surface area contributed by atoms with Crippen molar-refractivity contribution in [2.24, 2.45) is 0 Å². The Balaban J connectivity index is 2.77. The molecule has 0 amide bonds. The van der Waals surface area contributed by atoms with Gasteiger partial charge in [0.1, 0.15) is 5.75 Å². The van der Waals surface area contributed by atoms with Crippen molar-refractivity contribution in [2.75, 3.05) is 6.26 Å². The van der Waals surface area contributed by atoms with Gasteiger partial charge in [-0.2, -0.15) is 0 Å². The highest BCUT2D eigenvalue weighted by molar-refractivity contribution is 7.98. The SMILES string of the molecule is CSc1ccc(OC(C)(C)C(=O)O)cc1. The van der Waals surface area contributed by atoms with Crippen LogP contribution in [0.2, 0.25) is 0 Å². The van der Waals surface area contributed by atoms with E-state index >= 15 is 0 Å². The third-order valence-corrected chi connectivity index (χ3v) is 2.69. The van der Waals surface area contributed by atoms with Crippen molar-refractivity contribution in [3.63, 3.8) is 0 Å². The van der Waals surface area contributed by atoms with E-state index in [1.54, 1.807) is 23.9 Å². The largest absolute Gasteiger partial charge is 0.478 e. The Kier molecular flexibility index (Phi) is 3.63. The molecule has 1 rings (SSSR count). The molecule has 0 saturated heterocycles. The van der Waals surface area contributed by atoms with E-state index in [9.17, 15) is 4.79 Å². The average Bonchev–Trinajstić information content (AvgIpc) is 2.18. The second kappa shape index (κ2) is 4.57. The van der Waals surface area contributed by atoms with Crippen LogP contribution in [0.4, 0.5) is 0 Å². The van der Waals surface area contributed by atoms with Gasteiger partial charge in [0, 0.05) is 4.90 Å². The lowest BCUT2D eigenvalue weighted by Gasteiger charge is -2.21.